The molecule has 0 radical (unpaired) electrons. The van der Waals surface area contributed by atoms with Gasteiger partial charge in [0.05, 0.1) is 5.92 Å². The SMILES string of the molecule is CCC1CCCCC1NC(=O)C(CN)C(C)C. The molecule has 100 valence electrons. The molecule has 3 nitrogen and oxygen atoms in total. The molecule has 3 heteroatoms. The lowest BCUT2D eigenvalue weighted by Crippen LogP contribution is -2.47. The highest BCUT2D eigenvalue weighted by Crippen LogP contribution is 2.27. The number of hydrogen-bond donors (Lipinski definition) is 2. The minimum Gasteiger partial charge on any atom is -0.353 e. The van der Waals surface area contributed by atoms with Crippen LogP contribution >= 0.6 is 0 Å². The maximum Gasteiger partial charge on any atom is 0.224 e. The van der Waals surface area contributed by atoms with Gasteiger partial charge in [0.1, 0.15) is 0 Å². The van der Waals surface area contributed by atoms with Crippen molar-refractivity contribution < 1.29 is 4.79 Å². The van der Waals surface area contributed by atoms with E-state index in [2.05, 4.69) is 26.1 Å². The third kappa shape index (κ3) is 3.98. The van der Waals surface area contributed by atoms with Crippen LogP contribution in [0, 0.1) is 17.8 Å². The van der Waals surface area contributed by atoms with Gasteiger partial charge in [0.2, 0.25) is 5.91 Å². The zero-order chi connectivity index (χ0) is 12.8. The number of carbonyl (C=O) groups excluding carboxylic acids is 1. The summed E-state index contributed by atoms with van der Waals surface area (Å²) in [5.74, 6) is 1.12. The van der Waals surface area contributed by atoms with E-state index in [1.807, 2.05) is 0 Å². The summed E-state index contributed by atoms with van der Waals surface area (Å²) >= 11 is 0. The van der Waals surface area contributed by atoms with Crippen molar-refractivity contribution >= 4 is 5.91 Å². The van der Waals surface area contributed by atoms with E-state index in [4.69, 9.17) is 5.73 Å². The predicted molar refractivity (Wildman–Crippen MR) is 71.6 cm³/mol. The summed E-state index contributed by atoms with van der Waals surface area (Å²) in [5, 5.41) is 3.23. The second kappa shape index (κ2) is 7.00. The van der Waals surface area contributed by atoms with E-state index in [0.717, 1.165) is 6.42 Å². The first kappa shape index (κ1) is 14.5. The number of nitrogens with two attached hydrogens (primary N) is 1. The second-order valence-electron chi connectivity index (χ2n) is 5.65. The molecule has 1 fully saturated rings. The van der Waals surface area contributed by atoms with Crippen LogP contribution in [0.1, 0.15) is 52.9 Å². The lowest BCUT2D eigenvalue weighted by molar-refractivity contribution is -0.127. The first-order chi connectivity index (χ1) is 8.10. The third-order valence-corrected chi connectivity index (χ3v) is 4.16. The highest BCUT2D eigenvalue weighted by atomic mass is 16.2. The molecule has 1 aliphatic rings. The number of hydrogen-bond acceptors (Lipinski definition) is 2. The molecule has 3 N–H and O–H groups in total. The van der Waals surface area contributed by atoms with Gasteiger partial charge in [-0.15, -0.1) is 0 Å². The summed E-state index contributed by atoms with van der Waals surface area (Å²) in [5.41, 5.74) is 5.69. The van der Waals surface area contributed by atoms with Crippen LogP contribution in [-0.2, 0) is 4.79 Å². The Hall–Kier alpha value is -0.570. The number of nitrogens with one attached hydrogen (secondary N) is 1. The minimum atomic E-state index is -0.0329. The van der Waals surface area contributed by atoms with E-state index in [9.17, 15) is 4.79 Å². The Balaban J connectivity index is 2.53. The summed E-state index contributed by atoms with van der Waals surface area (Å²) in [6.45, 7) is 6.80. The Morgan fingerprint density at radius 1 is 1.35 bits per heavy atom. The van der Waals surface area contributed by atoms with E-state index in [1.165, 1.54) is 25.7 Å². The van der Waals surface area contributed by atoms with Crippen LogP contribution in [-0.4, -0.2) is 18.5 Å². The van der Waals surface area contributed by atoms with E-state index < -0.39 is 0 Å². The van der Waals surface area contributed by atoms with Gasteiger partial charge in [0, 0.05) is 12.6 Å². The quantitative estimate of drug-likeness (QED) is 0.774. The zero-order valence-corrected chi connectivity index (χ0v) is 11.5. The fourth-order valence-electron chi connectivity index (χ4n) is 2.86. The Kier molecular flexibility index (Phi) is 5.96. The molecular weight excluding hydrogens is 212 g/mol. The first-order valence-electron chi connectivity index (χ1n) is 7.10. The molecule has 1 amide bonds. The van der Waals surface area contributed by atoms with E-state index in [-0.39, 0.29) is 11.8 Å². The van der Waals surface area contributed by atoms with Crippen molar-refractivity contribution in [3.63, 3.8) is 0 Å². The van der Waals surface area contributed by atoms with Gasteiger partial charge in [-0.3, -0.25) is 4.79 Å². The standard InChI is InChI=1S/C14H28N2O/c1-4-11-7-5-6-8-13(11)16-14(17)12(9-15)10(2)3/h10-13H,4-9,15H2,1-3H3,(H,16,17). The fraction of sp³-hybridized carbons (Fsp3) is 0.929. The molecule has 1 saturated carbocycles. The monoisotopic (exact) mass is 240 g/mol. The van der Waals surface area contributed by atoms with Crippen LogP contribution in [0.15, 0.2) is 0 Å². The van der Waals surface area contributed by atoms with Crippen molar-refractivity contribution in [2.24, 2.45) is 23.5 Å². The van der Waals surface area contributed by atoms with Gasteiger partial charge in [-0.2, -0.15) is 0 Å². The van der Waals surface area contributed by atoms with Crippen molar-refractivity contribution in [1.29, 1.82) is 0 Å². The van der Waals surface area contributed by atoms with E-state index in [1.54, 1.807) is 0 Å². The van der Waals surface area contributed by atoms with Gasteiger partial charge < -0.3 is 11.1 Å². The highest BCUT2D eigenvalue weighted by molar-refractivity contribution is 5.79. The lowest BCUT2D eigenvalue weighted by atomic mass is 9.82. The first-order valence-corrected chi connectivity index (χ1v) is 7.10. The van der Waals surface area contributed by atoms with Gasteiger partial charge in [0.25, 0.3) is 0 Å². The molecule has 1 aliphatic carbocycles. The minimum absolute atomic E-state index is 0.0329. The Bertz CT molecular complexity index is 240. The molecule has 1 rings (SSSR count). The normalized spacial score (nSPS) is 26.9. The van der Waals surface area contributed by atoms with E-state index >= 15 is 0 Å². The summed E-state index contributed by atoms with van der Waals surface area (Å²) < 4.78 is 0. The predicted octanol–water partition coefficient (Wildman–Crippen LogP) is 2.30. The van der Waals surface area contributed by atoms with Crippen LogP contribution in [0.25, 0.3) is 0 Å². The van der Waals surface area contributed by atoms with Crippen molar-refractivity contribution in [2.45, 2.75) is 58.9 Å². The van der Waals surface area contributed by atoms with Crippen molar-refractivity contribution in [3.8, 4) is 0 Å². The molecular formula is C14H28N2O. The number of rotatable bonds is 5. The summed E-state index contributed by atoms with van der Waals surface area (Å²) in [4.78, 5) is 12.2. The molecule has 17 heavy (non-hydrogen) atoms. The molecule has 0 saturated heterocycles. The lowest BCUT2D eigenvalue weighted by Gasteiger charge is -2.33. The van der Waals surface area contributed by atoms with Gasteiger partial charge in [-0.1, -0.05) is 40.0 Å². The molecule has 0 aliphatic heterocycles. The molecule has 0 heterocycles. The smallest absolute Gasteiger partial charge is 0.224 e. The summed E-state index contributed by atoms with van der Waals surface area (Å²) in [6.07, 6.45) is 6.13. The number of carbonyl (C=O) groups is 1. The zero-order valence-electron chi connectivity index (χ0n) is 11.5. The van der Waals surface area contributed by atoms with Crippen LogP contribution in [0.2, 0.25) is 0 Å². The van der Waals surface area contributed by atoms with Crippen LogP contribution in [0.3, 0.4) is 0 Å². The Labute approximate surface area is 106 Å². The Morgan fingerprint density at radius 3 is 2.53 bits per heavy atom. The van der Waals surface area contributed by atoms with Gasteiger partial charge in [0.15, 0.2) is 0 Å². The molecule has 0 spiro atoms. The van der Waals surface area contributed by atoms with Crippen LogP contribution in [0.4, 0.5) is 0 Å². The topological polar surface area (TPSA) is 55.1 Å². The largest absolute Gasteiger partial charge is 0.353 e. The van der Waals surface area contributed by atoms with Gasteiger partial charge in [-0.25, -0.2) is 0 Å². The molecule has 0 bridgehead atoms. The average Bonchev–Trinajstić information content (AvgIpc) is 2.30. The van der Waals surface area contributed by atoms with Gasteiger partial charge >= 0.3 is 0 Å². The molecule has 0 aromatic heterocycles. The second-order valence-corrected chi connectivity index (χ2v) is 5.65. The molecule has 0 aromatic rings. The van der Waals surface area contributed by atoms with Crippen LogP contribution < -0.4 is 11.1 Å². The maximum atomic E-state index is 12.2. The maximum absolute atomic E-state index is 12.2. The summed E-state index contributed by atoms with van der Waals surface area (Å²) in [7, 11) is 0. The number of amides is 1. The van der Waals surface area contributed by atoms with Crippen molar-refractivity contribution in [1.82, 2.24) is 5.32 Å². The van der Waals surface area contributed by atoms with Crippen molar-refractivity contribution in [3.05, 3.63) is 0 Å². The molecule has 3 unspecified atom stereocenters. The van der Waals surface area contributed by atoms with Crippen LogP contribution in [0.5, 0.6) is 0 Å². The van der Waals surface area contributed by atoms with Crippen molar-refractivity contribution in [2.75, 3.05) is 6.54 Å². The summed E-state index contributed by atoms with van der Waals surface area (Å²) in [6, 6.07) is 0.383. The third-order valence-electron chi connectivity index (χ3n) is 4.16. The molecule has 0 aromatic carbocycles. The highest BCUT2D eigenvalue weighted by Gasteiger charge is 2.28. The fourth-order valence-corrected chi connectivity index (χ4v) is 2.86. The average molecular weight is 240 g/mol. The van der Waals surface area contributed by atoms with E-state index in [0.29, 0.717) is 24.4 Å². The molecule has 3 atom stereocenters. The Morgan fingerprint density at radius 2 is 2.00 bits per heavy atom. The van der Waals surface area contributed by atoms with Gasteiger partial charge in [-0.05, 0) is 24.7 Å².